The molecule has 0 bridgehead atoms. The second-order valence-electron chi connectivity index (χ2n) is 5.56. The Morgan fingerprint density at radius 1 is 1.29 bits per heavy atom. The first kappa shape index (κ1) is 16.4. The van der Waals surface area contributed by atoms with Crippen molar-refractivity contribution in [1.82, 2.24) is 20.4 Å². The van der Waals surface area contributed by atoms with Gasteiger partial charge in [-0.15, -0.1) is 5.10 Å². The SMILES string of the molecule is CCc1nnsc1C(=O)NNC(=O)CN1CCCc2ccccc21. The van der Waals surface area contributed by atoms with Crippen molar-refractivity contribution in [2.24, 2.45) is 0 Å². The summed E-state index contributed by atoms with van der Waals surface area (Å²) in [5.41, 5.74) is 7.89. The Bertz CT molecular complexity index is 746. The van der Waals surface area contributed by atoms with Gasteiger partial charge in [0.1, 0.15) is 4.88 Å². The molecule has 1 aromatic heterocycles. The summed E-state index contributed by atoms with van der Waals surface area (Å²) in [6.45, 7) is 2.94. The third-order valence-corrected chi connectivity index (χ3v) is 4.72. The van der Waals surface area contributed by atoms with Crippen molar-refractivity contribution in [3.05, 3.63) is 40.4 Å². The van der Waals surface area contributed by atoms with Crippen molar-refractivity contribution < 1.29 is 9.59 Å². The van der Waals surface area contributed by atoms with Crippen LogP contribution in [0, 0.1) is 0 Å². The van der Waals surface area contributed by atoms with E-state index in [2.05, 4.69) is 26.5 Å². The molecular formula is C16H19N5O2S. The summed E-state index contributed by atoms with van der Waals surface area (Å²) in [6.07, 6.45) is 2.67. The Morgan fingerprint density at radius 2 is 2.12 bits per heavy atom. The maximum atomic E-state index is 12.2. The van der Waals surface area contributed by atoms with Gasteiger partial charge in [0.25, 0.3) is 11.8 Å². The molecule has 24 heavy (non-hydrogen) atoms. The van der Waals surface area contributed by atoms with Crippen molar-refractivity contribution in [1.29, 1.82) is 0 Å². The van der Waals surface area contributed by atoms with Gasteiger partial charge in [0, 0.05) is 12.2 Å². The Morgan fingerprint density at radius 3 is 2.96 bits per heavy atom. The van der Waals surface area contributed by atoms with Crippen LogP contribution in [0.5, 0.6) is 0 Å². The Kier molecular flexibility index (Phi) is 5.05. The quantitative estimate of drug-likeness (QED) is 0.816. The predicted octanol–water partition coefficient (Wildman–Crippen LogP) is 1.31. The van der Waals surface area contributed by atoms with E-state index >= 15 is 0 Å². The van der Waals surface area contributed by atoms with E-state index < -0.39 is 0 Å². The van der Waals surface area contributed by atoms with Crippen LogP contribution in [0.3, 0.4) is 0 Å². The number of aryl methyl sites for hydroxylation is 2. The summed E-state index contributed by atoms with van der Waals surface area (Å²) >= 11 is 1.03. The first-order valence-electron chi connectivity index (χ1n) is 7.92. The number of carbonyl (C=O) groups excluding carboxylic acids is 2. The van der Waals surface area contributed by atoms with E-state index in [0.717, 1.165) is 36.6 Å². The molecule has 0 spiro atoms. The Balaban J connectivity index is 1.56. The maximum Gasteiger partial charge on any atom is 0.283 e. The lowest BCUT2D eigenvalue weighted by atomic mass is 10.0. The molecule has 0 aliphatic carbocycles. The van der Waals surface area contributed by atoms with E-state index in [4.69, 9.17) is 0 Å². The van der Waals surface area contributed by atoms with Crippen LogP contribution >= 0.6 is 11.5 Å². The smallest absolute Gasteiger partial charge is 0.283 e. The largest absolute Gasteiger partial charge is 0.362 e. The van der Waals surface area contributed by atoms with Crippen LogP contribution in [0.2, 0.25) is 0 Å². The van der Waals surface area contributed by atoms with E-state index in [0.29, 0.717) is 17.0 Å². The molecule has 2 N–H and O–H groups in total. The van der Waals surface area contributed by atoms with Gasteiger partial charge in [0.2, 0.25) is 0 Å². The zero-order chi connectivity index (χ0) is 16.9. The predicted molar refractivity (Wildman–Crippen MR) is 91.9 cm³/mol. The summed E-state index contributed by atoms with van der Waals surface area (Å²) in [6, 6.07) is 8.10. The molecule has 3 rings (SSSR count). The monoisotopic (exact) mass is 345 g/mol. The van der Waals surface area contributed by atoms with Gasteiger partial charge in [-0.3, -0.25) is 20.4 Å². The molecule has 2 heterocycles. The zero-order valence-corrected chi connectivity index (χ0v) is 14.2. The van der Waals surface area contributed by atoms with E-state index in [-0.39, 0.29) is 18.4 Å². The van der Waals surface area contributed by atoms with Gasteiger partial charge in [0.15, 0.2) is 0 Å². The van der Waals surface area contributed by atoms with Crippen LogP contribution in [0.25, 0.3) is 0 Å². The first-order chi connectivity index (χ1) is 11.7. The van der Waals surface area contributed by atoms with Gasteiger partial charge in [-0.2, -0.15) is 0 Å². The van der Waals surface area contributed by atoms with Crippen LogP contribution in [0.4, 0.5) is 5.69 Å². The lowest BCUT2D eigenvalue weighted by molar-refractivity contribution is -0.120. The summed E-state index contributed by atoms with van der Waals surface area (Å²) in [5.74, 6) is -0.634. The number of hydrazine groups is 1. The molecule has 1 aromatic carbocycles. The number of rotatable bonds is 4. The Hall–Kier alpha value is -2.48. The van der Waals surface area contributed by atoms with Gasteiger partial charge >= 0.3 is 0 Å². The molecule has 8 heteroatoms. The van der Waals surface area contributed by atoms with Gasteiger partial charge in [-0.05, 0) is 42.4 Å². The highest BCUT2D eigenvalue weighted by Crippen LogP contribution is 2.26. The zero-order valence-electron chi connectivity index (χ0n) is 13.4. The van der Waals surface area contributed by atoms with Gasteiger partial charge < -0.3 is 4.90 Å². The first-order valence-corrected chi connectivity index (χ1v) is 8.69. The number of nitrogens with zero attached hydrogens (tertiary/aromatic N) is 3. The molecular weight excluding hydrogens is 326 g/mol. The lowest BCUT2D eigenvalue weighted by Crippen LogP contribution is -2.47. The van der Waals surface area contributed by atoms with Crippen LogP contribution in [0.15, 0.2) is 24.3 Å². The molecule has 7 nitrogen and oxygen atoms in total. The van der Waals surface area contributed by atoms with E-state index in [1.807, 2.05) is 30.0 Å². The number of hydrogen-bond acceptors (Lipinski definition) is 6. The van der Waals surface area contributed by atoms with Gasteiger partial charge in [-0.25, -0.2) is 0 Å². The maximum absolute atomic E-state index is 12.2. The highest BCUT2D eigenvalue weighted by molar-refractivity contribution is 7.08. The fourth-order valence-corrected chi connectivity index (χ4v) is 3.43. The highest BCUT2D eigenvalue weighted by atomic mass is 32.1. The third kappa shape index (κ3) is 3.53. The molecule has 1 aliphatic heterocycles. The fraction of sp³-hybridized carbons (Fsp3) is 0.375. The molecule has 126 valence electrons. The van der Waals surface area contributed by atoms with E-state index in [1.54, 1.807) is 0 Å². The second kappa shape index (κ2) is 7.39. The average molecular weight is 345 g/mol. The number of benzene rings is 1. The molecule has 0 atom stereocenters. The van der Waals surface area contributed by atoms with Crippen LogP contribution in [-0.4, -0.2) is 34.5 Å². The van der Waals surface area contributed by atoms with Crippen molar-refractivity contribution in [2.75, 3.05) is 18.0 Å². The molecule has 2 aromatic rings. The molecule has 0 fully saturated rings. The highest BCUT2D eigenvalue weighted by Gasteiger charge is 2.20. The summed E-state index contributed by atoms with van der Waals surface area (Å²) in [5, 5.41) is 3.89. The number of fused-ring (bicyclic) bond motifs is 1. The van der Waals surface area contributed by atoms with E-state index in [1.165, 1.54) is 5.56 Å². The van der Waals surface area contributed by atoms with Crippen molar-refractivity contribution in [3.63, 3.8) is 0 Å². The topological polar surface area (TPSA) is 87.2 Å². The number of carbonyl (C=O) groups is 2. The number of amides is 2. The average Bonchev–Trinajstić information content (AvgIpc) is 3.09. The number of para-hydroxylation sites is 1. The fourth-order valence-electron chi connectivity index (χ4n) is 2.78. The van der Waals surface area contributed by atoms with E-state index in [9.17, 15) is 9.59 Å². The number of nitrogens with one attached hydrogen (secondary N) is 2. The molecule has 0 saturated carbocycles. The van der Waals surface area contributed by atoms with Crippen LogP contribution in [0.1, 0.15) is 34.3 Å². The number of hydrogen-bond donors (Lipinski definition) is 2. The van der Waals surface area contributed by atoms with Crippen molar-refractivity contribution >= 4 is 29.0 Å². The minimum atomic E-state index is -0.380. The van der Waals surface area contributed by atoms with Crippen LogP contribution in [-0.2, 0) is 17.6 Å². The van der Waals surface area contributed by atoms with Crippen molar-refractivity contribution in [3.8, 4) is 0 Å². The number of aromatic nitrogens is 2. The molecule has 0 saturated heterocycles. The number of anilines is 1. The van der Waals surface area contributed by atoms with Crippen LogP contribution < -0.4 is 15.8 Å². The molecule has 0 radical (unpaired) electrons. The van der Waals surface area contributed by atoms with Gasteiger partial charge in [-0.1, -0.05) is 29.6 Å². The minimum Gasteiger partial charge on any atom is -0.362 e. The molecule has 0 unspecified atom stereocenters. The second-order valence-corrected chi connectivity index (χ2v) is 6.31. The summed E-state index contributed by atoms with van der Waals surface area (Å²) in [4.78, 5) is 26.7. The third-order valence-electron chi connectivity index (χ3n) is 3.95. The standard InChI is InChI=1S/C16H19N5O2S/c1-2-12-15(24-20-17-12)16(23)19-18-14(22)10-21-9-5-7-11-6-3-4-8-13(11)21/h3-4,6,8H,2,5,7,9-10H2,1H3,(H,18,22)(H,19,23). The summed E-state index contributed by atoms with van der Waals surface area (Å²) in [7, 11) is 0. The summed E-state index contributed by atoms with van der Waals surface area (Å²) < 4.78 is 3.77. The lowest BCUT2D eigenvalue weighted by Gasteiger charge is -2.30. The minimum absolute atomic E-state index is 0.207. The normalized spacial score (nSPS) is 13.3. The molecule has 2 amide bonds. The van der Waals surface area contributed by atoms with Gasteiger partial charge in [0.05, 0.1) is 12.2 Å². The molecule has 1 aliphatic rings. The van der Waals surface area contributed by atoms with Crippen molar-refractivity contribution in [2.45, 2.75) is 26.2 Å². The Labute approximate surface area is 144 Å².